The summed E-state index contributed by atoms with van der Waals surface area (Å²) in [5.74, 6) is 0. The molecular formula is C15H23NO. The number of ether oxygens (including phenoxy) is 1. The molecule has 0 bridgehead atoms. The molecule has 1 N–H and O–H groups in total. The Morgan fingerprint density at radius 2 is 2.12 bits per heavy atom. The Labute approximate surface area is 104 Å². The minimum atomic E-state index is 0.0644. The molecule has 0 radical (unpaired) electrons. The first-order valence-corrected chi connectivity index (χ1v) is 6.67. The molecule has 0 saturated carbocycles. The van der Waals surface area contributed by atoms with E-state index in [0.29, 0.717) is 0 Å². The number of nitrogens with one attached hydrogen (secondary N) is 1. The van der Waals surface area contributed by atoms with Gasteiger partial charge in [0.05, 0.1) is 5.60 Å². The zero-order valence-electron chi connectivity index (χ0n) is 10.7. The Hall–Kier alpha value is -0.860. The van der Waals surface area contributed by atoms with Gasteiger partial charge in [0.25, 0.3) is 0 Å². The van der Waals surface area contributed by atoms with Gasteiger partial charge in [-0.15, -0.1) is 0 Å². The van der Waals surface area contributed by atoms with Gasteiger partial charge in [-0.2, -0.15) is 0 Å². The smallest absolute Gasteiger partial charge is 0.0778 e. The lowest BCUT2D eigenvalue weighted by Gasteiger charge is -2.34. The zero-order chi connectivity index (χ0) is 12.0. The van der Waals surface area contributed by atoms with Crippen LogP contribution in [0.1, 0.15) is 31.7 Å². The third-order valence-corrected chi connectivity index (χ3v) is 3.46. The maximum absolute atomic E-state index is 6.03. The van der Waals surface area contributed by atoms with E-state index in [1.54, 1.807) is 0 Å². The Morgan fingerprint density at radius 3 is 2.82 bits per heavy atom. The van der Waals surface area contributed by atoms with E-state index < -0.39 is 0 Å². The van der Waals surface area contributed by atoms with Gasteiger partial charge in [0.1, 0.15) is 0 Å². The van der Waals surface area contributed by atoms with Crippen LogP contribution < -0.4 is 5.32 Å². The van der Waals surface area contributed by atoms with Crippen LogP contribution in [-0.4, -0.2) is 25.3 Å². The molecule has 2 rings (SSSR count). The molecule has 1 aromatic rings. The van der Waals surface area contributed by atoms with Gasteiger partial charge in [0.15, 0.2) is 0 Å². The van der Waals surface area contributed by atoms with Crippen molar-refractivity contribution in [3.8, 4) is 0 Å². The van der Waals surface area contributed by atoms with E-state index in [-0.39, 0.29) is 5.60 Å². The molecule has 1 aliphatic heterocycles. The first-order valence-electron chi connectivity index (χ1n) is 6.67. The van der Waals surface area contributed by atoms with Crippen LogP contribution >= 0.6 is 0 Å². The molecule has 1 saturated heterocycles. The van der Waals surface area contributed by atoms with Crippen LogP contribution in [-0.2, 0) is 11.2 Å². The fourth-order valence-corrected chi connectivity index (χ4v) is 2.39. The molecule has 0 aliphatic carbocycles. The lowest BCUT2D eigenvalue weighted by atomic mass is 9.96. The van der Waals surface area contributed by atoms with Gasteiger partial charge in [-0.25, -0.2) is 0 Å². The number of aryl methyl sites for hydroxylation is 1. The molecule has 1 heterocycles. The van der Waals surface area contributed by atoms with Crippen LogP contribution in [0.5, 0.6) is 0 Å². The highest BCUT2D eigenvalue weighted by molar-refractivity contribution is 5.14. The van der Waals surface area contributed by atoms with Crippen molar-refractivity contribution in [2.75, 3.05) is 19.7 Å². The van der Waals surface area contributed by atoms with E-state index in [4.69, 9.17) is 4.74 Å². The van der Waals surface area contributed by atoms with Crippen molar-refractivity contribution in [1.29, 1.82) is 0 Å². The van der Waals surface area contributed by atoms with E-state index in [1.165, 1.54) is 18.4 Å². The molecule has 1 fully saturated rings. The minimum Gasteiger partial charge on any atom is -0.374 e. The van der Waals surface area contributed by atoms with E-state index >= 15 is 0 Å². The summed E-state index contributed by atoms with van der Waals surface area (Å²) in [5, 5.41) is 3.41. The van der Waals surface area contributed by atoms with Crippen molar-refractivity contribution in [3.63, 3.8) is 0 Å². The molecule has 2 nitrogen and oxygen atoms in total. The lowest BCUT2D eigenvalue weighted by molar-refractivity contribution is -0.0472. The van der Waals surface area contributed by atoms with Crippen molar-refractivity contribution < 1.29 is 4.74 Å². The Kier molecular flexibility index (Phi) is 4.57. The first kappa shape index (κ1) is 12.6. The molecule has 2 heteroatoms. The van der Waals surface area contributed by atoms with E-state index in [9.17, 15) is 0 Å². The molecule has 1 aromatic carbocycles. The Morgan fingerprint density at radius 1 is 1.29 bits per heavy atom. The van der Waals surface area contributed by atoms with Gasteiger partial charge < -0.3 is 10.1 Å². The highest BCUT2D eigenvalue weighted by atomic mass is 16.5. The van der Waals surface area contributed by atoms with Crippen LogP contribution in [0.4, 0.5) is 0 Å². The second kappa shape index (κ2) is 6.18. The number of hydrogen-bond donors (Lipinski definition) is 1. The van der Waals surface area contributed by atoms with Gasteiger partial charge in [0, 0.05) is 13.2 Å². The molecule has 0 amide bonds. The standard InChI is InChI=1S/C15H23NO/c1-15(10-6-11-16-13-15)17-12-5-9-14-7-3-2-4-8-14/h2-4,7-8,16H,5-6,9-13H2,1H3. The average molecular weight is 233 g/mol. The fourth-order valence-electron chi connectivity index (χ4n) is 2.39. The lowest BCUT2D eigenvalue weighted by Crippen LogP contribution is -2.45. The predicted octanol–water partition coefficient (Wildman–Crippen LogP) is 2.78. The monoisotopic (exact) mass is 233 g/mol. The average Bonchev–Trinajstić information content (AvgIpc) is 2.37. The van der Waals surface area contributed by atoms with Gasteiger partial charge in [-0.05, 0) is 44.7 Å². The number of piperidine rings is 1. The van der Waals surface area contributed by atoms with Crippen LogP contribution in [0.2, 0.25) is 0 Å². The van der Waals surface area contributed by atoms with Crippen LogP contribution in [0.25, 0.3) is 0 Å². The van der Waals surface area contributed by atoms with Crippen LogP contribution in [0.15, 0.2) is 30.3 Å². The topological polar surface area (TPSA) is 21.3 Å². The summed E-state index contributed by atoms with van der Waals surface area (Å²) >= 11 is 0. The fraction of sp³-hybridized carbons (Fsp3) is 0.600. The Bertz CT molecular complexity index is 317. The number of rotatable bonds is 5. The van der Waals surface area contributed by atoms with Crippen molar-refractivity contribution >= 4 is 0 Å². The first-order chi connectivity index (χ1) is 8.29. The van der Waals surface area contributed by atoms with Crippen LogP contribution in [0.3, 0.4) is 0 Å². The molecule has 1 aliphatic rings. The van der Waals surface area contributed by atoms with Crippen molar-refractivity contribution in [2.24, 2.45) is 0 Å². The molecule has 0 aromatic heterocycles. The molecule has 0 spiro atoms. The van der Waals surface area contributed by atoms with E-state index in [0.717, 1.165) is 32.5 Å². The maximum atomic E-state index is 6.03. The highest BCUT2D eigenvalue weighted by Crippen LogP contribution is 2.20. The quantitative estimate of drug-likeness (QED) is 0.790. The largest absolute Gasteiger partial charge is 0.374 e. The molecule has 94 valence electrons. The number of hydrogen-bond acceptors (Lipinski definition) is 2. The summed E-state index contributed by atoms with van der Waals surface area (Å²) in [6.07, 6.45) is 4.64. The normalized spacial score (nSPS) is 24.8. The number of benzene rings is 1. The maximum Gasteiger partial charge on any atom is 0.0778 e. The summed E-state index contributed by atoms with van der Waals surface area (Å²) in [6.45, 7) is 5.23. The second-order valence-electron chi connectivity index (χ2n) is 5.17. The predicted molar refractivity (Wildman–Crippen MR) is 71.2 cm³/mol. The van der Waals surface area contributed by atoms with Gasteiger partial charge >= 0.3 is 0 Å². The van der Waals surface area contributed by atoms with Gasteiger partial charge in [-0.1, -0.05) is 30.3 Å². The SMILES string of the molecule is CC1(OCCCc2ccccc2)CCCNC1. The zero-order valence-corrected chi connectivity index (χ0v) is 10.7. The van der Waals surface area contributed by atoms with Crippen molar-refractivity contribution in [2.45, 2.75) is 38.2 Å². The highest BCUT2D eigenvalue weighted by Gasteiger charge is 2.26. The van der Waals surface area contributed by atoms with E-state index in [2.05, 4.69) is 42.6 Å². The minimum absolute atomic E-state index is 0.0644. The molecule has 1 atom stereocenters. The summed E-state index contributed by atoms with van der Waals surface area (Å²) in [4.78, 5) is 0. The van der Waals surface area contributed by atoms with Gasteiger partial charge in [0.2, 0.25) is 0 Å². The van der Waals surface area contributed by atoms with E-state index in [1.807, 2.05) is 0 Å². The molecule has 1 unspecified atom stereocenters. The van der Waals surface area contributed by atoms with Crippen LogP contribution in [0, 0.1) is 0 Å². The summed E-state index contributed by atoms with van der Waals surface area (Å²) in [5.41, 5.74) is 1.47. The molecular weight excluding hydrogens is 210 g/mol. The summed E-state index contributed by atoms with van der Waals surface area (Å²) in [7, 11) is 0. The molecule has 17 heavy (non-hydrogen) atoms. The van der Waals surface area contributed by atoms with Crippen molar-refractivity contribution in [1.82, 2.24) is 5.32 Å². The summed E-state index contributed by atoms with van der Waals surface area (Å²) < 4.78 is 6.03. The van der Waals surface area contributed by atoms with Crippen molar-refractivity contribution in [3.05, 3.63) is 35.9 Å². The second-order valence-corrected chi connectivity index (χ2v) is 5.17. The third kappa shape index (κ3) is 4.14. The summed E-state index contributed by atoms with van der Waals surface area (Å²) in [6, 6.07) is 10.6. The van der Waals surface area contributed by atoms with Gasteiger partial charge in [-0.3, -0.25) is 0 Å². The Balaban J connectivity index is 1.66. The third-order valence-electron chi connectivity index (χ3n) is 3.46.